The van der Waals surface area contributed by atoms with Crippen molar-refractivity contribution in [2.75, 3.05) is 4.72 Å². The van der Waals surface area contributed by atoms with Gasteiger partial charge < -0.3 is 0 Å². The molecule has 0 fully saturated rings. The molecular formula is C15H15Cl2N5O2S. The topological polar surface area (TPSA) is 81.8 Å². The molecule has 3 aromatic rings. The summed E-state index contributed by atoms with van der Waals surface area (Å²) in [7, 11) is -2.10. The molecule has 25 heavy (non-hydrogen) atoms. The van der Waals surface area contributed by atoms with Crippen LogP contribution in [0.5, 0.6) is 0 Å². The van der Waals surface area contributed by atoms with Crippen LogP contribution in [-0.2, 0) is 23.6 Å². The van der Waals surface area contributed by atoms with E-state index >= 15 is 0 Å². The summed E-state index contributed by atoms with van der Waals surface area (Å²) in [4.78, 5) is 0.110. The summed E-state index contributed by atoms with van der Waals surface area (Å²) in [5.74, 6) is 0.200. The second-order valence-corrected chi connectivity index (χ2v) is 7.92. The number of hydrogen-bond donors (Lipinski definition) is 1. The van der Waals surface area contributed by atoms with Gasteiger partial charge in [-0.25, -0.2) is 8.42 Å². The van der Waals surface area contributed by atoms with E-state index in [-0.39, 0.29) is 10.7 Å². The molecule has 0 aliphatic heterocycles. The lowest BCUT2D eigenvalue weighted by Gasteiger charge is -2.07. The Morgan fingerprint density at radius 2 is 1.84 bits per heavy atom. The number of benzene rings is 1. The number of rotatable bonds is 5. The molecule has 0 unspecified atom stereocenters. The predicted octanol–water partition coefficient (Wildman–Crippen LogP) is 3.08. The van der Waals surface area contributed by atoms with Gasteiger partial charge in [0.2, 0.25) is 0 Å². The van der Waals surface area contributed by atoms with Gasteiger partial charge in [0.25, 0.3) is 10.0 Å². The van der Waals surface area contributed by atoms with Gasteiger partial charge in [-0.15, -0.1) is 0 Å². The second-order valence-electron chi connectivity index (χ2n) is 5.46. The zero-order chi connectivity index (χ0) is 18.2. The van der Waals surface area contributed by atoms with Gasteiger partial charge in [0.05, 0.1) is 12.2 Å². The van der Waals surface area contributed by atoms with Crippen molar-refractivity contribution in [1.29, 1.82) is 0 Å². The van der Waals surface area contributed by atoms with Crippen LogP contribution in [-0.4, -0.2) is 28.0 Å². The van der Waals surface area contributed by atoms with Crippen molar-refractivity contribution in [3.63, 3.8) is 0 Å². The monoisotopic (exact) mass is 399 g/mol. The number of nitrogens with one attached hydrogen (secondary N) is 1. The first-order chi connectivity index (χ1) is 11.8. The molecule has 0 saturated carbocycles. The molecule has 0 atom stereocenters. The van der Waals surface area contributed by atoms with Gasteiger partial charge in [-0.2, -0.15) is 10.2 Å². The largest absolute Gasteiger partial charge is 0.274 e. The van der Waals surface area contributed by atoms with Crippen molar-refractivity contribution < 1.29 is 8.42 Å². The molecule has 10 heteroatoms. The highest BCUT2D eigenvalue weighted by Crippen LogP contribution is 2.25. The summed E-state index contributed by atoms with van der Waals surface area (Å²) >= 11 is 12.3. The Morgan fingerprint density at radius 3 is 2.44 bits per heavy atom. The molecule has 0 amide bonds. The number of nitrogens with zero attached hydrogens (tertiary/aromatic N) is 4. The van der Waals surface area contributed by atoms with Gasteiger partial charge in [0, 0.05) is 41.1 Å². The lowest BCUT2D eigenvalue weighted by molar-refractivity contribution is 0.600. The lowest BCUT2D eigenvalue weighted by atomic mass is 10.2. The maximum absolute atomic E-state index is 12.5. The maximum Gasteiger partial charge on any atom is 0.266 e. The molecule has 1 N–H and O–H groups in total. The zero-order valence-corrected chi connectivity index (χ0v) is 15.8. The van der Waals surface area contributed by atoms with E-state index in [9.17, 15) is 8.42 Å². The Hall–Kier alpha value is -2.03. The second kappa shape index (κ2) is 6.70. The average Bonchev–Trinajstić information content (AvgIpc) is 3.09. The maximum atomic E-state index is 12.5. The Bertz CT molecular complexity index is 1010. The Kier molecular flexibility index (Phi) is 4.77. The molecule has 7 nitrogen and oxygen atoms in total. The number of sulfonamides is 1. The highest BCUT2D eigenvalue weighted by Gasteiger charge is 2.21. The van der Waals surface area contributed by atoms with E-state index in [0.29, 0.717) is 27.8 Å². The first kappa shape index (κ1) is 17.8. The summed E-state index contributed by atoms with van der Waals surface area (Å²) < 4.78 is 30.4. The fourth-order valence-corrected chi connectivity index (χ4v) is 4.12. The Balaban J connectivity index is 1.81. The smallest absolute Gasteiger partial charge is 0.266 e. The normalized spacial score (nSPS) is 11.7. The average molecular weight is 400 g/mol. The van der Waals surface area contributed by atoms with E-state index in [1.807, 2.05) is 0 Å². The van der Waals surface area contributed by atoms with Crippen molar-refractivity contribution in [1.82, 2.24) is 19.6 Å². The molecule has 0 spiro atoms. The molecule has 0 radical (unpaired) electrons. The van der Waals surface area contributed by atoms with E-state index in [1.54, 1.807) is 49.1 Å². The van der Waals surface area contributed by atoms with Gasteiger partial charge in [0.1, 0.15) is 4.90 Å². The van der Waals surface area contributed by atoms with E-state index in [0.717, 1.165) is 0 Å². The van der Waals surface area contributed by atoms with Gasteiger partial charge in [-0.05, 0) is 19.1 Å². The summed E-state index contributed by atoms with van der Waals surface area (Å²) in [6, 6.07) is 6.79. The Labute approximate surface area is 155 Å². The van der Waals surface area contributed by atoms with E-state index in [2.05, 4.69) is 14.9 Å². The van der Waals surface area contributed by atoms with Gasteiger partial charge in [-0.1, -0.05) is 29.3 Å². The van der Waals surface area contributed by atoms with Crippen LogP contribution in [0.25, 0.3) is 0 Å². The van der Waals surface area contributed by atoms with Crippen molar-refractivity contribution in [3.8, 4) is 0 Å². The molecule has 0 bridgehead atoms. The third kappa shape index (κ3) is 3.81. The molecule has 2 aromatic heterocycles. The number of aryl methyl sites for hydroxylation is 2. The Morgan fingerprint density at radius 1 is 1.16 bits per heavy atom. The van der Waals surface area contributed by atoms with Crippen LogP contribution in [0, 0.1) is 6.92 Å². The van der Waals surface area contributed by atoms with E-state index in [4.69, 9.17) is 23.2 Å². The molecule has 2 heterocycles. The summed E-state index contributed by atoms with van der Waals surface area (Å²) in [5, 5.41) is 9.31. The highest BCUT2D eigenvalue weighted by molar-refractivity contribution is 7.92. The first-order valence-electron chi connectivity index (χ1n) is 7.25. The minimum absolute atomic E-state index is 0.110. The molecule has 3 rings (SSSR count). The number of hydrogen-bond acceptors (Lipinski definition) is 4. The summed E-state index contributed by atoms with van der Waals surface area (Å²) in [6.45, 7) is 1.96. The molecule has 0 aliphatic rings. The summed E-state index contributed by atoms with van der Waals surface area (Å²) in [6.07, 6.45) is 3.09. The standard InChI is InChI=1S/C15H15Cl2N5O2S/c1-10-14(9-21(2)18-10)25(23,24)20-15-6-7-22(19-15)8-11-12(16)4-3-5-13(11)17/h3-7,9H,8H2,1-2H3,(H,19,20). The third-order valence-corrected chi connectivity index (χ3v) is 5.69. The molecule has 132 valence electrons. The van der Waals surface area contributed by atoms with Crippen LogP contribution in [0.4, 0.5) is 5.82 Å². The number of aromatic nitrogens is 4. The van der Waals surface area contributed by atoms with Crippen LogP contribution < -0.4 is 4.72 Å². The first-order valence-corrected chi connectivity index (χ1v) is 9.49. The van der Waals surface area contributed by atoms with E-state index in [1.165, 1.54) is 10.9 Å². The van der Waals surface area contributed by atoms with Crippen molar-refractivity contribution in [2.45, 2.75) is 18.4 Å². The molecule has 0 aliphatic carbocycles. The number of anilines is 1. The van der Waals surface area contributed by atoms with Crippen molar-refractivity contribution >= 4 is 39.0 Å². The fraction of sp³-hybridized carbons (Fsp3) is 0.200. The lowest BCUT2D eigenvalue weighted by Crippen LogP contribution is -2.14. The molecule has 0 saturated heterocycles. The minimum atomic E-state index is -3.76. The zero-order valence-electron chi connectivity index (χ0n) is 13.4. The highest BCUT2D eigenvalue weighted by atomic mass is 35.5. The predicted molar refractivity (Wildman–Crippen MR) is 96.5 cm³/mol. The van der Waals surface area contributed by atoms with Crippen LogP contribution >= 0.6 is 23.2 Å². The van der Waals surface area contributed by atoms with Gasteiger partial charge in [0.15, 0.2) is 5.82 Å². The van der Waals surface area contributed by atoms with Crippen LogP contribution in [0.3, 0.4) is 0 Å². The van der Waals surface area contributed by atoms with E-state index < -0.39 is 10.0 Å². The van der Waals surface area contributed by atoms with Gasteiger partial charge >= 0.3 is 0 Å². The van der Waals surface area contributed by atoms with Crippen molar-refractivity contribution in [3.05, 3.63) is 58.0 Å². The fourth-order valence-electron chi connectivity index (χ4n) is 2.38. The van der Waals surface area contributed by atoms with Crippen LogP contribution in [0.1, 0.15) is 11.3 Å². The summed E-state index contributed by atoms with van der Waals surface area (Å²) in [5.41, 5.74) is 1.13. The quantitative estimate of drug-likeness (QED) is 0.714. The molecule has 1 aromatic carbocycles. The van der Waals surface area contributed by atoms with Crippen molar-refractivity contribution in [2.24, 2.45) is 7.05 Å². The molecular weight excluding hydrogens is 385 g/mol. The third-order valence-electron chi connectivity index (χ3n) is 3.52. The SMILES string of the molecule is Cc1nn(C)cc1S(=O)(=O)Nc1ccn(Cc2c(Cl)cccc2Cl)n1. The van der Waals surface area contributed by atoms with Crippen LogP contribution in [0.15, 0.2) is 41.6 Å². The minimum Gasteiger partial charge on any atom is -0.274 e. The van der Waals surface area contributed by atoms with Crippen LogP contribution in [0.2, 0.25) is 10.0 Å². The number of halogens is 2. The van der Waals surface area contributed by atoms with Gasteiger partial charge in [-0.3, -0.25) is 14.1 Å².